The number of rotatable bonds is 3. The van der Waals surface area contributed by atoms with E-state index in [0.717, 1.165) is 0 Å². The highest BCUT2D eigenvalue weighted by atomic mass is 16.6. The maximum atomic E-state index is 10.7. The number of aromatic nitrogens is 4. The van der Waals surface area contributed by atoms with Crippen molar-refractivity contribution in [3.63, 3.8) is 0 Å². The Morgan fingerprint density at radius 1 is 1.67 bits per heavy atom. The molecule has 0 radical (unpaired) electrons. The van der Waals surface area contributed by atoms with Crippen LogP contribution in [0, 0.1) is 10.1 Å². The molecule has 82 valence electrons. The molecule has 0 amide bonds. The van der Waals surface area contributed by atoms with Crippen LogP contribution in [0.25, 0.3) is 0 Å². The van der Waals surface area contributed by atoms with E-state index in [0.29, 0.717) is 6.54 Å². The molecule has 0 unspecified atom stereocenters. The van der Waals surface area contributed by atoms with E-state index in [2.05, 4.69) is 20.6 Å². The van der Waals surface area contributed by atoms with Gasteiger partial charge in [0.25, 0.3) is 5.82 Å². The summed E-state index contributed by atoms with van der Waals surface area (Å²) in [4.78, 5) is 10.1. The first-order valence-corrected chi connectivity index (χ1v) is 4.23. The van der Waals surface area contributed by atoms with Gasteiger partial charge in [0.15, 0.2) is 0 Å². The topological polar surface area (TPSA) is 102 Å². The average Bonchev–Trinajstić information content (AvgIpc) is 2.60. The van der Waals surface area contributed by atoms with Crippen LogP contribution < -0.4 is 0 Å². The van der Waals surface area contributed by atoms with Gasteiger partial charge in [0.05, 0.1) is 5.10 Å². The first-order valence-electron chi connectivity index (χ1n) is 4.23. The van der Waals surface area contributed by atoms with Gasteiger partial charge in [0.1, 0.15) is 0 Å². The Morgan fingerprint density at radius 3 is 2.80 bits per heavy atom. The molecule has 15 heavy (non-hydrogen) atoms. The van der Waals surface area contributed by atoms with Crippen LogP contribution in [0.2, 0.25) is 0 Å². The number of hydrogen-bond donors (Lipinski definition) is 0. The van der Waals surface area contributed by atoms with E-state index >= 15 is 0 Å². The normalized spacial score (nSPS) is 11.5. The van der Waals surface area contributed by atoms with Crippen LogP contribution in [0.1, 0.15) is 12.7 Å². The van der Waals surface area contributed by atoms with Crippen LogP contribution >= 0.6 is 0 Å². The number of hydrogen-bond acceptors (Lipinski definition) is 7. The number of aryl methyl sites for hydroxylation is 1. The third kappa shape index (κ3) is 2.45. The second-order valence-electron chi connectivity index (χ2n) is 2.85. The van der Waals surface area contributed by atoms with Crippen LogP contribution in [-0.4, -0.2) is 50.1 Å². The van der Waals surface area contributed by atoms with E-state index in [9.17, 15) is 10.1 Å². The SMILES string of the molecule is CCn1nnnc1C(=NN(C)C)[N+](=O)[O-]. The van der Waals surface area contributed by atoms with Crippen molar-refractivity contribution in [1.82, 2.24) is 25.2 Å². The Kier molecular flexibility index (Phi) is 3.26. The molecule has 0 spiro atoms. The summed E-state index contributed by atoms with van der Waals surface area (Å²) in [5.41, 5.74) is 0. The highest BCUT2D eigenvalue weighted by Crippen LogP contribution is 1.97. The summed E-state index contributed by atoms with van der Waals surface area (Å²) in [6.07, 6.45) is 0. The van der Waals surface area contributed by atoms with Gasteiger partial charge in [-0.1, -0.05) is 5.10 Å². The molecular weight excluding hydrogens is 202 g/mol. The van der Waals surface area contributed by atoms with Gasteiger partial charge in [-0.05, 0) is 22.3 Å². The third-order valence-electron chi connectivity index (χ3n) is 1.50. The lowest BCUT2D eigenvalue weighted by Crippen LogP contribution is -2.23. The molecule has 0 saturated heterocycles. The molecule has 0 atom stereocenters. The van der Waals surface area contributed by atoms with E-state index in [1.165, 1.54) is 9.69 Å². The Labute approximate surface area is 85.5 Å². The van der Waals surface area contributed by atoms with Crippen LogP contribution in [0.5, 0.6) is 0 Å². The highest BCUT2D eigenvalue weighted by Gasteiger charge is 2.24. The van der Waals surface area contributed by atoms with E-state index in [1.807, 2.05) is 0 Å². The molecule has 0 aliphatic heterocycles. The minimum Gasteiger partial charge on any atom is -0.358 e. The lowest BCUT2D eigenvalue weighted by atomic mass is 10.5. The zero-order valence-electron chi connectivity index (χ0n) is 8.65. The second kappa shape index (κ2) is 4.44. The molecule has 0 N–H and O–H groups in total. The van der Waals surface area contributed by atoms with Crippen molar-refractivity contribution in [1.29, 1.82) is 0 Å². The molecule has 1 heterocycles. The number of nitro groups is 1. The summed E-state index contributed by atoms with van der Waals surface area (Å²) in [6, 6.07) is 0. The molecule has 9 heteroatoms. The van der Waals surface area contributed by atoms with E-state index in [-0.39, 0.29) is 11.7 Å². The molecule has 0 bridgehead atoms. The summed E-state index contributed by atoms with van der Waals surface area (Å²) in [5, 5.41) is 26.3. The molecule has 1 aromatic rings. The zero-order valence-corrected chi connectivity index (χ0v) is 8.65. The first-order chi connectivity index (χ1) is 7.06. The lowest BCUT2D eigenvalue weighted by Gasteiger charge is -2.00. The van der Waals surface area contributed by atoms with Crippen LogP contribution in [0.4, 0.5) is 0 Å². The van der Waals surface area contributed by atoms with Gasteiger partial charge >= 0.3 is 5.84 Å². The van der Waals surface area contributed by atoms with Crippen LogP contribution in [0.15, 0.2) is 5.10 Å². The lowest BCUT2D eigenvalue weighted by molar-refractivity contribution is -0.350. The average molecular weight is 213 g/mol. The quantitative estimate of drug-likeness (QED) is 0.281. The summed E-state index contributed by atoms with van der Waals surface area (Å²) in [6.45, 7) is 2.23. The van der Waals surface area contributed by atoms with Crippen LogP contribution in [0.3, 0.4) is 0 Å². The summed E-state index contributed by atoms with van der Waals surface area (Å²) >= 11 is 0. The molecule has 0 fully saturated rings. The molecule has 0 aromatic carbocycles. The van der Waals surface area contributed by atoms with Gasteiger partial charge in [0, 0.05) is 20.6 Å². The Bertz CT molecular complexity index is 383. The van der Waals surface area contributed by atoms with E-state index in [1.54, 1.807) is 21.0 Å². The maximum absolute atomic E-state index is 10.7. The number of tetrazole rings is 1. The minimum atomic E-state index is -0.613. The Hall–Kier alpha value is -2.06. The highest BCUT2D eigenvalue weighted by molar-refractivity contribution is 5.88. The summed E-state index contributed by atoms with van der Waals surface area (Å²) in [7, 11) is 3.17. The number of nitrogens with zero attached hydrogens (tertiary/aromatic N) is 7. The van der Waals surface area contributed by atoms with Crippen molar-refractivity contribution in [3.8, 4) is 0 Å². The smallest absolute Gasteiger partial charge is 0.358 e. The molecular formula is C6H11N7O2. The predicted molar refractivity (Wildman–Crippen MR) is 50.7 cm³/mol. The molecule has 1 rings (SSSR count). The maximum Gasteiger partial charge on any atom is 0.434 e. The Morgan fingerprint density at radius 2 is 2.33 bits per heavy atom. The van der Waals surface area contributed by atoms with Crippen molar-refractivity contribution in [3.05, 3.63) is 15.9 Å². The van der Waals surface area contributed by atoms with Gasteiger partial charge in [0.2, 0.25) is 0 Å². The minimum absolute atomic E-state index is 0.0520. The van der Waals surface area contributed by atoms with Crippen molar-refractivity contribution >= 4 is 5.84 Å². The fourth-order valence-electron chi connectivity index (χ4n) is 0.930. The van der Waals surface area contributed by atoms with Gasteiger partial charge in [-0.2, -0.15) is 0 Å². The predicted octanol–water partition coefficient (Wildman–Crippen LogP) is -0.807. The molecule has 0 aliphatic rings. The monoisotopic (exact) mass is 213 g/mol. The summed E-state index contributed by atoms with van der Waals surface area (Å²) < 4.78 is 1.31. The van der Waals surface area contributed by atoms with Crippen molar-refractivity contribution in [2.75, 3.05) is 14.1 Å². The molecule has 0 saturated carbocycles. The van der Waals surface area contributed by atoms with Gasteiger partial charge < -0.3 is 10.1 Å². The molecule has 9 nitrogen and oxygen atoms in total. The van der Waals surface area contributed by atoms with Gasteiger partial charge in [-0.25, -0.2) is 9.69 Å². The molecule has 0 aliphatic carbocycles. The second-order valence-corrected chi connectivity index (χ2v) is 2.85. The van der Waals surface area contributed by atoms with E-state index in [4.69, 9.17) is 0 Å². The van der Waals surface area contributed by atoms with Crippen molar-refractivity contribution in [2.45, 2.75) is 13.5 Å². The Balaban J connectivity index is 3.16. The standard InChI is InChI=1S/C6H11N7O2/c1-4-12-5(7-9-10-12)6(13(14)15)8-11(2)3/h4H2,1-3H3. The fourth-order valence-corrected chi connectivity index (χ4v) is 0.930. The summed E-state index contributed by atoms with van der Waals surface area (Å²) in [5.74, 6) is -0.317. The van der Waals surface area contributed by atoms with Crippen molar-refractivity contribution < 1.29 is 4.92 Å². The number of hydrazone groups is 1. The van der Waals surface area contributed by atoms with E-state index < -0.39 is 4.92 Å². The van der Waals surface area contributed by atoms with Crippen molar-refractivity contribution in [2.24, 2.45) is 5.10 Å². The first kappa shape index (κ1) is 11.0. The van der Waals surface area contributed by atoms with Crippen LogP contribution in [-0.2, 0) is 6.54 Å². The number of amidine groups is 1. The zero-order chi connectivity index (χ0) is 11.4. The van der Waals surface area contributed by atoms with Gasteiger partial charge in [-0.15, -0.1) is 0 Å². The van der Waals surface area contributed by atoms with Gasteiger partial charge in [-0.3, -0.25) is 0 Å². The largest absolute Gasteiger partial charge is 0.434 e. The molecule has 1 aromatic heterocycles. The third-order valence-corrected chi connectivity index (χ3v) is 1.50. The fraction of sp³-hybridized carbons (Fsp3) is 0.667.